The van der Waals surface area contributed by atoms with Gasteiger partial charge < -0.3 is 4.74 Å². The van der Waals surface area contributed by atoms with Gasteiger partial charge in [0.2, 0.25) is 0 Å². The Morgan fingerprint density at radius 1 is 1.38 bits per heavy atom. The standard InChI is InChI=1S/C13H15BrO2/c1-13(2,3)12-7-10(15)9-5-4-8(14)6-11(9)16-12/h4-6,12H,7H2,1-3H3. The van der Waals surface area contributed by atoms with Crippen molar-refractivity contribution in [1.29, 1.82) is 0 Å². The zero-order valence-corrected chi connectivity index (χ0v) is 11.3. The molecular weight excluding hydrogens is 268 g/mol. The number of fused-ring (bicyclic) bond motifs is 1. The summed E-state index contributed by atoms with van der Waals surface area (Å²) in [6.45, 7) is 6.27. The molecule has 0 radical (unpaired) electrons. The van der Waals surface area contributed by atoms with Gasteiger partial charge in [0.15, 0.2) is 5.78 Å². The Balaban J connectivity index is 2.39. The fraction of sp³-hybridized carbons (Fsp3) is 0.462. The van der Waals surface area contributed by atoms with Gasteiger partial charge >= 0.3 is 0 Å². The van der Waals surface area contributed by atoms with Gasteiger partial charge in [0.05, 0.1) is 5.56 Å². The molecule has 0 fully saturated rings. The van der Waals surface area contributed by atoms with Crippen LogP contribution in [0.1, 0.15) is 37.6 Å². The highest BCUT2D eigenvalue weighted by Crippen LogP contribution is 2.36. The highest BCUT2D eigenvalue weighted by atomic mass is 79.9. The van der Waals surface area contributed by atoms with Crippen molar-refractivity contribution in [3.8, 4) is 5.75 Å². The molecule has 0 saturated heterocycles. The first-order valence-corrected chi connectivity index (χ1v) is 6.16. The summed E-state index contributed by atoms with van der Waals surface area (Å²) in [7, 11) is 0. The molecule has 0 aromatic heterocycles. The van der Waals surface area contributed by atoms with E-state index in [1.165, 1.54) is 0 Å². The van der Waals surface area contributed by atoms with E-state index in [4.69, 9.17) is 4.74 Å². The maximum absolute atomic E-state index is 12.0. The minimum absolute atomic E-state index is 0.0182. The van der Waals surface area contributed by atoms with E-state index >= 15 is 0 Å². The van der Waals surface area contributed by atoms with Gasteiger partial charge in [-0.15, -0.1) is 0 Å². The van der Waals surface area contributed by atoms with Crippen molar-refractivity contribution in [2.24, 2.45) is 5.41 Å². The number of ether oxygens (including phenoxy) is 1. The smallest absolute Gasteiger partial charge is 0.170 e. The van der Waals surface area contributed by atoms with Crippen molar-refractivity contribution in [1.82, 2.24) is 0 Å². The lowest BCUT2D eigenvalue weighted by Gasteiger charge is -2.34. The van der Waals surface area contributed by atoms with Gasteiger partial charge in [-0.2, -0.15) is 0 Å². The average molecular weight is 283 g/mol. The molecule has 3 heteroatoms. The van der Waals surface area contributed by atoms with E-state index in [1.807, 2.05) is 18.2 Å². The SMILES string of the molecule is CC(C)(C)C1CC(=O)c2ccc(Br)cc2O1. The second kappa shape index (κ2) is 3.88. The second-order valence-corrected chi connectivity index (χ2v) is 6.16. The van der Waals surface area contributed by atoms with Crippen LogP contribution in [-0.2, 0) is 0 Å². The Kier molecular flexibility index (Phi) is 2.82. The van der Waals surface area contributed by atoms with Gasteiger partial charge in [-0.3, -0.25) is 4.79 Å². The predicted molar refractivity (Wildman–Crippen MR) is 67.0 cm³/mol. The summed E-state index contributed by atoms with van der Waals surface area (Å²) in [4.78, 5) is 12.0. The van der Waals surface area contributed by atoms with Gasteiger partial charge in [0, 0.05) is 10.9 Å². The minimum Gasteiger partial charge on any atom is -0.489 e. The third-order valence-electron chi connectivity index (χ3n) is 2.85. The average Bonchev–Trinajstić information content (AvgIpc) is 2.15. The Bertz CT molecular complexity index is 432. The number of Topliss-reactive ketones (excluding diaryl/α,β-unsaturated/α-hetero) is 1. The number of rotatable bonds is 0. The van der Waals surface area contributed by atoms with E-state index in [0.29, 0.717) is 17.7 Å². The van der Waals surface area contributed by atoms with Crippen LogP contribution in [0.3, 0.4) is 0 Å². The van der Waals surface area contributed by atoms with Crippen LogP contribution >= 0.6 is 15.9 Å². The Labute approximate surface area is 104 Å². The van der Waals surface area contributed by atoms with Gasteiger partial charge in [-0.05, 0) is 23.6 Å². The molecule has 2 rings (SSSR count). The molecule has 0 bridgehead atoms. The van der Waals surface area contributed by atoms with E-state index in [0.717, 1.165) is 4.47 Å². The zero-order chi connectivity index (χ0) is 11.9. The quantitative estimate of drug-likeness (QED) is 0.723. The summed E-state index contributed by atoms with van der Waals surface area (Å²) >= 11 is 3.39. The molecule has 2 nitrogen and oxygen atoms in total. The van der Waals surface area contributed by atoms with Gasteiger partial charge in [0.25, 0.3) is 0 Å². The highest BCUT2D eigenvalue weighted by Gasteiger charge is 2.34. The highest BCUT2D eigenvalue weighted by molar-refractivity contribution is 9.10. The third kappa shape index (κ3) is 2.14. The molecular formula is C13H15BrO2. The lowest BCUT2D eigenvalue weighted by atomic mass is 9.83. The monoisotopic (exact) mass is 282 g/mol. The molecule has 1 aromatic carbocycles. The normalized spacial score (nSPS) is 20.2. The first-order valence-electron chi connectivity index (χ1n) is 5.37. The fourth-order valence-electron chi connectivity index (χ4n) is 1.78. The number of ketones is 1. The van der Waals surface area contributed by atoms with E-state index in [9.17, 15) is 4.79 Å². The summed E-state index contributed by atoms with van der Waals surface area (Å²) in [5, 5.41) is 0. The molecule has 0 spiro atoms. The predicted octanol–water partition coefficient (Wildman–Crippen LogP) is 3.83. The van der Waals surface area contributed by atoms with Crippen LogP contribution in [0.15, 0.2) is 22.7 Å². The van der Waals surface area contributed by atoms with Crippen LogP contribution in [0.25, 0.3) is 0 Å². The zero-order valence-electron chi connectivity index (χ0n) is 9.71. The molecule has 0 N–H and O–H groups in total. The molecule has 0 aliphatic carbocycles. The van der Waals surface area contributed by atoms with Crippen molar-refractivity contribution >= 4 is 21.7 Å². The van der Waals surface area contributed by atoms with Crippen molar-refractivity contribution in [2.45, 2.75) is 33.3 Å². The van der Waals surface area contributed by atoms with Crippen LogP contribution in [0.5, 0.6) is 5.75 Å². The van der Waals surface area contributed by atoms with Gasteiger partial charge in [-0.1, -0.05) is 36.7 Å². The maximum atomic E-state index is 12.0. The summed E-state index contributed by atoms with van der Waals surface area (Å²) in [5.74, 6) is 0.874. The minimum atomic E-state index is -0.0400. The molecule has 1 unspecified atom stereocenters. The number of carbonyl (C=O) groups excluding carboxylic acids is 1. The summed E-state index contributed by atoms with van der Waals surface area (Å²) in [6.07, 6.45) is 0.430. The third-order valence-corrected chi connectivity index (χ3v) is 3.34. The van der Waals surface area contributed by atoms with E-state index in [1.54, 1.807) is 0 Å². The van der Waals surface area contributed by atoms with E-state index in [-0.39, 0.29) is 17.3 Å². The second-order valence-electron chi connectivity index (χ2n) is 5.24. The van der Waals surface area contributed by atoms with Crippen LogP contribution < -0.4 is 4.74 Å². The maximum Gasteiger partial charge on any atom is 0.170 e. The van der Waals surface area contributed by atoms with Crippen molar-refractivity contribution in [3.05, 3.63) is 28.2 Å². The van der Waals surface area contributed by atoms with Gasteiger partial charge in [-0.25, -0.2) is 0 Å². The Morgan fingerprint density at radius 3 is 2.69 bits per heavy atom. The molecule has 1 aliphatic heterocycles. The number of halogens is 1. The van der Waals surface area contributed by atoms with Crippen molar-refractivity contribution in [2.75, 3.05) is 0 Å². The van der Waals surface area contributed by atoms with Crippen LogP contribution in [-0.4, -0.2) is 11.9 Å². The first-order chi connectivity index (χ1) is 7.38. The lowest BCUT2D eigenvalue weighted by molar-refractivity contribution is 0.0544. The van der Waals surface area contributed by atoms with Crippen molar-refractivity contribution < 1.29 is 9.53 Å². The molecule has 0 saturated carbocycles. The van der Waals surface area contributed by atoms with Crippen molar-refractivity contribution in [3.63, 3.8) is 0 Å². The van der Waals surface area contributed by atoms with Gasteiger partial charge in [0.1, 0.15) is 11.9 Å². The number of carbonyl (C=O) groups is 1. The Hall–Kier alpha value is -0.830. The number of hydrogen-bond donors (Lipinski definition) is 0. The Morgan fingerprint density at radius 2 is 2.06 bits per heavy atom. The molecule has 1 aromatic rings. The summed E-state index contributed by atoms with van der Waals surface area (Å²) in [6, 6.07) is 5.56. The van der Waals surface area contributed by atoms with Crippen LogP contribution in [0.4, 0.5) is 0 Å². The molecule has 16 heavy (non-hydrogen) atoms. The first kappa shape index (κ1) is 11.6. The topological polar surface area (TPSA) is 26.3 Å². The number of hydrogen-bond acceptors (Lipinski definition) is 2. The van der Waals surface area contributed by atoms with E-state index < -0.39 is 0 Å². The lowest BCUT2D eigenvalue weighted by Crippen LogP contribution is -2.37. The van der Waals surface area contributed by atoms with Crippen LogP contribution in [0.2, 0.25) is 0 Å². The van der Waals surface area contributed by atoms with Crippen LogP contribution in [0, 0.1) is 5.41 Å². The largest absolute Gasteiger partial charge is 0.489 e. The molecule has 1 aliphatic rings. The number of benzene rings is 1. The molecule has 86 valence electrons. The fourth-order valence-corrected chi connectivity index (χ4v) is 2.12. The molecule has 1 heterocycles. The van der Waals surface area contributed by atoms with E-state index in [2.05, 4.69) is 36.7 Å². The molecule has 0 amide bonds. The summed E-state index contributed by atoms with van der Waals surface area (Å²) in [5.41, 5.74) is 0.680. The molecule has 1 atom stereocenters. The summed E-state index contributed by atoms with van der Waals surface area (Å²) < 4.78 is 6.84.